The average molecular weight is 451 g/mol. The summed E-state index contributed by atoms with van der Waals surface area (Å²) in [5, 5.41) is 22.2. The first-order valence-electron chi connectivity index (χ1n) is 10.2. The van der Waals surface area contributed by atoms with E-state index in [1.807, 2.05) is 25.1 Å². The van der Waals surface area contributed by atoms with Crippen LogP contribution in [0.3, 0.4) is 0 Å². The number of pyridine rings is 2. The molecule has 3 aromatic rings. The maximum absolute atomic E-state index is 13.2. The predicted molar refractivity (Wildman–Crippen MR) is 128 cm³/mol. The monoisotopic (exact) mass is 451 g/mol. The number of cyclic esters (lactones) is 1. The topological polar surface area (TPSA) is 105 Å². The van der Waals surface area contributed by atoms with Crippen molar-refractivity contribution in [2.45, 2.75) is 46.1 Å². The Bertz CT molecular complexity index is 1340. The lowest BCUT2D eigenvalue weighted by molar-refractivity contribution is -0.172. The number of benzene rings is 1. The zero-order chi connectivity index (χ0) is 22.1. The molecule has 0 unspecified atom stereocenters. The van der Waals surface area contributed by atoms with Gasteiger partial charge in [-0.3, -0.25) is 4.79 Å². The number of hydrogen-bond donors (Lipinski definition) is 2. The molecule has 0 saturated carbocycles. The molecule has 0 fully saturated rings. The minimum absolute atomic E-state index is 0. The third-order valence-corrected chi connectivity index (χ3v) is 6.25. The molecule has 2 N–H and O–H groups in total. The van der Waals surface area contributed by atoms with Gasteiger partial charge in [0.25, 0.3) is 5.56 Å². The number of nitrogens with zero attached hydrogens (tertiary/aromatic N) is 3. The van der Waals surface area contributed by atoms with Crippen molar-refractivity contribution >= 4 is 25.3 Å². The number of phenolic OH excluding ortho intramolecular Hbond substituents is 1. The maximum Gasteiger partial charge on any atom is 0.343 e. The molecule has 0 saturated heterocycles. The van der Waals surface area contributed by atoms with Gasteiger partial charge in [-0.1, -0.05) is 14.4 Å². The van der Waals surface area contributed by atoms with Crippen LogP contribution in [0.1, 0.15) is 44.5 Å². The minimum atomic E-state index is -1.84. The van der Waals surface area contributed by atoms with Crippen molar-refractivity contribution in [2.24, 2.45) is 0 Å². The fraction of sp³-hybridized carbons (Fsp3) is 0.375. The van der Waals surface area contributed by atoms with Gasteiger partial charge in [-0.25, -0.2) is 9.78 Å². The average Bonchev–Trinajstić information content (AvgIpc) is 3.10. The summed E-state index contributed by atoms with van der Waals surface area (Å²) in [5.74, 6) is -0.532. The van der Waals surface area contributed by atoms with Gasteiger partial charge in [0.2, 0.25) is 0 Å². The number of aliphatic hydroxyl groups is 1. The Morgan fingerprint density at radius 1 is 1.27 bits per heavy atom. The van der Waals surface area contributed by atoms with Gasteiger partial charge >= 0.3 is 5.97 Å². The Kier molecular flexibility index (Phi) is 6.17. The van der Waals surface area contributed by atoms with E-state index >= 15 is 0 Å². The summed E-state index contributed by atoms with van der Waals surface area (Å²) in [4.78, 5) is 32.3. The molecule has 8 nitrogen and oxygen atoms in total. The van der Waals surface area contributed by atoms with Gasteiger partial charge in [0.1, 0.15) is 12.4 Å². The zero-order valence-corrected chi connectivity index (χ0v) is 18.2. The van der Waals surface area contributed by atoms with Crippen LogP contribution in [0.4, 0.5) is 0 Å². The number of esters is 1. The number of aromatic nitrogens is 2. The van der Waals surface area contributed by atoms with Crippen LogP contribution in [0.25, 0.3) is 22.3 Å². The number of fused-ring (bicyclic) bond motifs is 5. The highest BCUT2D eigenvalue weighted by Crippen LogP contribution is 2.39. The largest absolute Gasteiger partial charge is 0.508 e. The van der Waals surface area contributed by atoms with Gasteiger partial charge in [-0.15, -0.1) is 0 Å². The van der Waals surface area contributed by atoms with Gasteiger partial charge in [-0.2, -0.15) is 0 Å². The van der Waals surface area contributed by atoms with E-state index in [4.69, 9.17) is 9.72 Å². The van der Waals surface area contributed by atoms with E-state index in [1.165, 1.54) is 0 Å². The number of aromatic hydroxyl groups is 1. The third kappa shape index (κ3) is 3.43. The lowest BCUT2D eigenvalue weighted by Gasteiger charge is -2.31. The van der Waals surface area contributed by atoms with E-state index < -0.39 is 11.6 Å². The Balaban J connectivity index is 0.00000136. The number of phenols is 1. The number of rotatable bonds is 3. The molecule has 9 heteroatoms. The van der Waals surface area contributed by atoms with Crippen LogP contribution in [-0.2, 0) is 34.8 Å². The van der Waals surface area contributed by atoms with Crippen molar-refractivity contribution in [3.05, 3.63) is 56.9 Å². The van der Waals surface area contributed by atoms with Crippen molar-refractivity contribution in [2.75, 3.05) is 14.1 Å². The van der Waals surface area contributed by atoms with E-state index in [1.54, 1.807) is 29.7 Å². The standard InChI is InChI=1S/C23H23N3O5.CH4.B.H2/c1-4-23(30)16-8-18-20-12(9-26(18)21(28)15(16)11-31-22(23)29)7-13-14(10-25(2)3)19(27)6-5-17(13)24-20;;;/h5-8,27,30H,4,9-11H2,1-3H3;1H4;;1H/t23-;;;/m0.../s1/i;;;1+1. The maximum atomic E-state index is 13.2. The summed E-state index contributed by atoms with van der Waals surface area (Å²) >= 11 is 0. The normalized spacial score (nSPS) is 18.2. The second-order valence-corrected chi connectivity index (χ2v) is 8.47. The summed E-state index contributed by atoms with van der Waals surface area (Å²) < 4.78 is 6.71. The van der Waals surface area contributed by atoms with E-state index in [0.29, 0.717) is 41.1 Å². The number of ether oxygens (including phenoxy) is 1. The van der Waals surface area contributed by atoms with E-state index in [0.717, 1.165) is 16.5 Å². The molecular weight excluding hydrogens is 421 g/mol. The second-order valence-electron chi connectivity index (χ2n) is 8.47. The molecule has 33 heavy (non-hydrogen) atoms. The Morgan fingerprint density at radius 3 is 2.67 bits per heavy atom. The van der Waals surface area contributed by atoms with Crippen LogP contribution >= 0.6 is 0 Å². The fourth-order valence-corrected chi connectivity index (χ4v) is 4.58. The minimum Gasteiger partial charge on any atom is -0.508 e. The summed E-state index contributed by atoms with van der Waals surface area (Å²) in [5.41, 5.74) is 2.03. The van der Waals surface area contributed by atoms with Crippen LogP contribution in [0.5, 0.6) is 5.75 Å². The molecule has 1 aromatic carbocycles. The number of hydrogen-bond acceptors (Lipinski definition) is 7. The Hall–Kier alpha value is -3.17. The molecule has 3 radical (unpaired) electrons. The van der Waals surface area contributed by atoms with Gasteiger partial charge in [0, 0.05) is 38.5 Å². The van der Waals surface area contributed by atoms with Crippen molar-refractivity contribution in [1.82, 2.24) is 14.5 Å². The lowest BCUT2D eigenvalue weighted by atomic mass is 9.86. The molecule has 4 heterocycles. The number of carbonyl (C=O) groups excluding carboxylic acids is 1. The molecule has 0 bridgehead atoms. The molecule has 5 rings (SSSR count). The Morgan fingerprint density at radius 2 is 2.00 bits per heavy atom. The predicted octanol–water partition coefficient (Wildman–Crippen LogP) is 2.35. The molecule has 2 aliphatic rings. The third-order valence-electron chi connectivity index (χ3n) is 6.25. The fourth-order valence-electron chi connectivity index (χ4n) is 4.58. The lowest BCUT2D eigenvalue weighted by Crippen LogP contribution is -2.44. The molecule has 0 aliphatic carbocycles. The first kappa shape index (κ1) is 24.5. The summed E-state index contributed by atoms with van der Waals surface area (Å²) in [7, 11) is 3.86. The van der Waals surface area contributed by atoms with Gasteiger partial charge in [-0.05, 0) is 44.8 Å². The van der Waals surface area contributed by atoms with E-state index in [9.17, 15) is 19.8 Å². The molecule has 1 atom stereocenters. The van der Waals surface area contributed by atoms with Crippen molar-refractivity contribution in [3.63, 3.8) is 0 Å². The van der Waals surface area contributed by atoms with Gasteiger partial charge < -0.3 is 24.4 Å². The summed E-state index contributed by atoms with van der Waals surface area (Å²) in [6.45, 7) is 2.41. The van der Waals surface area contributed by atoms with Gasteiger partial charge in [0.15, 0.2) is 5.60 Å². The molecule has 2 aromatic heterocycles. The SMILES string of the molecule is C.CC[C@@]1(O)C(=O)OCc2c1cc1n(c2=O)Cc2cc3c(CN(C)C)c(O)ccc3nc2-1.[2HH].[B]. The number of carbonyl (C=O) groups is 1. The smallest absolute Gasteiger partial charge is 0.343 e. The summed E-state index contributed by atoms with van der Waals surface area (Å²) in [6, 6.07) is 7.05. The van der Waals surface area contributed by atoms with Crippen LogP contribution < -0.4 is 5.56 Å². The van der Waals surface area contributed by atoms with Crippen LogP contribution in [0.15, 0.2) is 29.1 Å². The second kappa shape index (κ2) is 8.31. The summed E-state index contributed by atoms with van der Waals surface area (Å²) in [6.07, 6.45) is 0.104. The zero-order valence-electron chi connectivity index (χ0n) is 18.2. The highest BCUT2D eigenvalue weighted by Gasteiger charge is 2.45. The van der Waals surface area contributed by atoms with E-state index in [2.05, 4.69) is 0 Å². The van der Waals surface area contributed by atoms with Crippen LogP contribution in [0, 0.1) is 0 Å². The van der Waals surface area contributed by atoms with Crippen molar-refractivity contribution in [1.29, 1.82) is 0 Å². The molecule has 173 valence electrons. The molecule has 0 amide bonds. The van der Waals surface area contributed by atoms with Gasteiger partial charge in [0.05, 0.1) is 29.0 Å². The molecule has 2 aliphatic heterocycles. The highest BCUT2D eigenvalue weighted by molar-refractivity contribution is 5.89. The Labute approximate surface area is 195 Å². The molecular formula is C24H29BN3O5. The van der Waals surface area contributed by atoms with Crippen molar-refractivity contribution in [3.8, 4) is 17.1 Å². The quantitative estimate of drug-likeness (QED) is 0.364. The van der Waals surface area contributed by atoms with Crippen molar-refractivity contribution < 1.29 is 21.2 Å². The van der Waals surface area contributed by atoms with E-state index in [-0.39, 0.29) is 41.6 Å². The first-order chi connectivity index (χ1) is 14.7. The highest BCUT2D eigenvalue weighted by atomic mass is 16.6. The van der Waals surface area contributed by atoms with Crippen LogP contribution in [0.2, 0.25) is 0 Å². The first-order valence-corrected chi connectivity index (χ1v) is 10.2. The van der Waals surface area contributed by atoms with Crippen LogP contribution in [-0.4, -0.2) is 53.1 Å². The molecule has 0 spiro atoms.